The number of morpholine rings is 1. The van der Waals surface area contributed by atoms with Crippen LogP contribution < -0.4 is 26.8 Å². The Balaban J connectivity index is 1.01. The normalized spacial score (nSPS) is 15.0. The molecule has 25 heteroatoms. The number of carbonyl (C=O) groups excluding carboxylic acids is 6. The molecule has 7 heterocycles. The second kappa shape index (κ2) is 23.4. The third-order valence-electron chi connectivity index (χ3n) is 13.5. The Hall–Kier alpha value is -8.19. The summed E-state index contributed by atoms with van der Waals surface area (Å²) in [7, 11) is 1.62. The summed E-state index contributed by atoms with van der Waals surface area (Å²) in [5.74, 6) is -1.54. The fourth-order valence-corrected chi connectivity index (χ4v) is 9.87. The van der Waals surface area contributed by atoms with Crippen LogP contribution >= 0.6 is 0 Å². The van der Waals surface area contributed by atoms with Crippen LogP contribution in [0.15, 0.2) is 47.0 Å². The molecule has 79 heavy (non-hydrogen) atoms. The van der Waals surface area contributed by atoms with Gasteiger partial charge in [0.1, 0.15) is 39.7 Å². The molecule has 0 radical (unpaired) electrons. The maximum Gasteiger partial charge on any atom is 0.410 e. The maximum atomic E-state index is 14.1. The average molecular weight is 1090 g/mol. The van der Waals surface area contributed by atoms with Crippen molar-refractivity contribution < 1.29 is 47.4 Å². The fourth-order valence-electron chi connectivity index (χ4n) is 9.87. The van der Waals surface area contributed by atoms with Gasteiger partial charge >= 0.3 is 6.09 Å². The second-order valence-electron chi connectivity index (χ2n) is 21.4. The van der Waals surface area contributed by atoms with Crippen LogP contribution in [0.2, 0.25) is 0 Å². The molecule has 1 aromatic carbocycles. The van der Waals surface area contributed by atoms with E-state index in [2.05, 4.69) is 35.6 Å². The van der Waals surface area contributed by atoms with E-state index in [1.54, 1.807) is 67.6 Å². The van der Waals surface area contributed by atoms with Crippen LogP contribution in [0.3, 0.4) is 0 Å². The summed E-state index contributed by atoms with van der Waals surface area (Å²) in [5, 5.41) is 10.2. The minimum Gasteiger partial charge on any atom is -0.491 e. The molecule has 0 saturated carbocycles. The Morgan fingerprint density at radius 1 is 0.886 bits per heavy atom. The van der Waals surface area contributed by atoms with Crippen molar-refractivity contribution in [1.82, 2.24) is 53.6 Å². The van der Waals surface area contributed by atoms with Crippen molar-refractivity contribution in [3.63, 3.8) is 0 Å². The average Bonchev–Trinajstić information content (AvgIpc) is 4.34. The molecule has 2 fully saturated rings. The summed E-state index contributed by atoms with van der Waals surface area (Å²) in [6, 6.07) is 5.56. The van der Waals surface area contributed by atoms with Crippen LogP contribution in [0.5, 0.6) is 5.75 Å². The van der Waals surface area contributed by atoms with Crippen molar-refractivity contribution in [2.45, 2.75) is 118 Å². The zero-order valence-electron chi connectivity index (χ0n) is 46.5. The lowest BCUT2D eigenvalue weighted by atomic mass is 9.90. The van der Waals surface area contributed by atoms with Crippen molar-refractivity contribution in [3.05, 3.63) is 82.5 Å². The van der Waals surface area contributed by atoms with Crippen LogP contribution in [0, 0.1) is 19.8 Å². The monoisotopic (exact) mass is 1090 g/mol. The van der Waals surface area contributed by atoms with E-state index in [1.165, 1.54) is 23.2 Å². The summed E-state index contributed by atoms with van der Waals surface area (Å²) in [5.41, 5.74) is 13.3. The molecule has 6 aromatic rings. The number of benzene rings is 1. The molecule has 422 valence electrons. The van der Waals surface area contributed by atoms with E-state index in [4.69, 9.17) is 35.1 Å². The molecule has 2 aliphatic heterocycles. The molecule has 2 saturated heterocycles. The largest absolute Gasteiger partial charge is 0.491 e. The van der Waals surface area contributed by atoms with Crippen molar-refractivity contribution in [3.8, 4) is 5.75 Å². The van der Waals surface area contributed by atoms with Crippen LogP contribution in [-0.4, -0.2) is 159 Å². The number of primary amides is 2. The van der Waals surface area contributed by atoms with Gasteiger partial charge in [-0.15, -0.1) is 0 Å². The number of carbonyl (C=O) groups is 6. The van der Waals surface area contributed by atoms with Gasteiger partial charge in [0, 0.05) is 71.5 Å². The number of allylic oxidation sites excluding steroid dienone is 2. The number of likely N-dealkylation sites (N-methyl/N-ethyl adjacent to an activating group) is 1. The van der Waals surface area contributed by atoms with Gasteiger partial charge in [0.2, 0.25) is 35.4 Å². The van der Waals surface area contributed by atoms with E-state index in [-0.39, 0.29) is 66.1 Å². The number of likely N-dealkylation sites (tertiary alicyclic amines) is 1. The van der Waals surface area contributed by atoms with Crippen LogP contribution in [-0.2, 0) is 40.3 Å². The fraction of sp³-hybridized carbons (Fsp3) is 0.500. The number of amides is 6. The zero-order chi connectivity index (χ0) is 57.1. The minimum atomic E-state index is -0.712. The SMILES string of the molecule is CCc1nc(C)oc1C(=O)Nc1nc2cc(C(N)=O)cc(OCCCN3CC4(C3)CN(C(=O)[C@H](CC(C)C)N(C)C(=O)OC(C)(C)C)CCO4)c2n1C/C=C/Cn1c(NC(=O)c2cc(C)nn2CC)nc2cc(C(N)=O)cnc21. The summed E-state index contributed by atoms with van der Waals surface area (Å²) in [6.07, 6.45) is 5.89. The summed E-state index contributed by atoms with van der Waals surface area (Å²) >= 11 is 0. The molecule has 6 amide bonds. The van der Waals surface area contributed by atoms with Crippen LogP contribution in [0.1, 0.15) is 120 Å². The lowest BCUT2D eigenvalue weighted by Crippen LogP contribution is -2.71. The van der Waals surface area contributed by atoms with E-state index in [9.17, 15) is 28.8 Å². The van der Waals surface area contributed by atoms with Gasteiger partial charge in [-0.3, -0.25) is 53.7 Å². The highest BCUT2D eigenvalue weighted by Gasteiger charge is 2.49. The van der Waals surface area contributed by atoms with Crippen molar-refractivity contribution in [1.29, 1.82) is 0 Å². The van der Waals surface area contributed by atoms with Gasteiger partial charge in [-0.2, -0.15) is 5.10 Å². The van der Waals surface area contributed by atoms with Crippen LogP contribution in [0.4, 0.5) is 16.7 Å². The predicted octanol–water partition coefficient (Wildman–Crippen LogP) is 5.09. The lowest BCUT2D eigenvalue weighted by Gasteiger charge is -2.54. The van der Waals surface area contributed by atoms with Gasteiger partial charge in [-0.05, 0) is 84.1 Å². The first-order valence-electron chi connectivity index (χ1n) is 26.5. The van der Waals surface area contributed by atoms with Gasteiger partial charge in [0.25, 0.3) is 11.8 Å². The molecule has 1 atom stereocenters. The lowest BCUT2D eigenvalue weighted by molar-refractivity contribution is -0.191. The number of aryl methyl sites for hydroxylation is 4. The molecular weight excluding hydrogens is 1020 g/mol. The number of aromatic nitrogens is 8. The summed E-state index contributed by atoms with van der Waals surface area (Å²) in [4.78, 5) is 103. The highest BCUT2D eigenvalue weighted by molar-refractivity contribution is 6.05. The van der Waals surface area contributed by atoms with E-state index >= 15 is 0 Å². The number of imidazole rings is 2. The Labute approximate surface area is 457 Å². The zero-order valence-corrected chi connectivity index (χ0v) is 46.5. The number of hydrogen-bond acceptors (Lipinski definition) is 16. The minimum absolute atomic E-state index is 0.0287. The summed E-state index contributed by atoms with van der Waals surface area (Å²) < 4.78 is 29.1. The summed E-state index contributed by atoms with van der Waals surface area (Å²) in [6.45, 7) is 20.5. The Morgan fingerprint density at radius 2 is 1.56 bits per heavy atom. The molecule has 2 aliphatic rings. The molecule has 0 unspecified atom stereocenters. The van der Waals surface area contributed by atoms with Crippen molar-refractivity contribution in [2.75, 3.05) is 63.6 Å². The molecule has 0 aliphatic carbocycles. The molecule has 6 N–H and O–H groups in total. The third-order valence-corrected chi connectivity index (χ3v) is 13.5. The first-order valence-corrected chi connectivity index (χ1v) is 26.5. The first-order chi connectivity index (χ1) is 37.5. The molecule has 25 nitrogen and oxygen atoms in total. The number of pyridine rings is 1. The van der Waals surface area contributed by atoms with Gasteiger partial charge < -0.3 is 39.6 Å². The quantitative estimate of drug-likeness (QED) is 0.0539. The van der Waals surface area contributed by atoms with E-state index in [0.717, 1.165) is 0 Å². The molecule has 1 spiro atoms. The van der Waals surface area contributed by atoms with E-state index < -0.39 is 47.0 Å². The van der Waals surface area contributed by atoms with E-state index in [0.29, 0.717) is 110 Å². The predicted molar refractivity (Wildman–Crippen MR) is 292 cm³/mol. The van der Waals surface area contributed by atoms with Gasteiger partial charge in [0.15, 0.2) is 11.5 Å². The standard InChI is InChI=1S/C54H71N15O10/c1-11-36-43(78-33(6)58-36)48(73)62-50-59-37-24-34(44(55)70)26-41(76-20-15-16-65-28-54(29-65)30-66(19-21-77-54)49(74)40(22-31(3)4)64(10)52(75)79-53(7,8)9)42(37)67(50)17-13-14-18-68-46-38(25-35(27-57-46)45(56)71)60-51(68)61-47(72)39-23-32(5)63-69(39)12-2/h13-14,23-27,31,40H,11-12,15-22,28-30H2,1-10H3,(H2,55,70)(H2,56,71)(H,59,62,73)(H,60,61,72)/b14-13+/t40-/m0/s1. The number of nitrogens with two attached hydrogens (primary N) is 2. The third kappa shape index (κ3) is 12.9. The van der Waals surface area contributed by atoms with Crippen molar-refractivity contribution >= 4 is 69.7 Å². The maximum absolute atomic E-state index is 14.1. The molecular formula is C54H71N15O10. The molecule has 0 bridgehead atoms. The number of nitrogens with one attached hydrogen (secondary N) is 2. The Morgan fingerprint density at radius 3 is 2.23 bits per heavy atom. The number of oxazole rings is 1. The second-order valence-corrected chi connectivity index (χ2v) is 21.4. The molecule has 5 aromatic heterocycles. The highest BCUT2D eigenvalue weighted by Crippen LogP contribution is 2.34. The number of ether oxygens (including phenoxy) is 3. The van der Waals surface area contributed by atoms with Gasteiger partial charge in [-0.25, -0.2) is 24.7 Å². The van der Waals surface area contributed by atoms with E-state index in [1.807, 2.05) is 44.7 Å². The van der Waals surface area contributed by atoms with Gasteiger partial charge in [-0.1, -0.05) is 32.9 Å². The number of rotatable bonds is 21. The number of fused-ring (bicyclic) bond motifs is 2. The van der Waals surface area contributed by atoms with Crippen LogP contribution in [0.25, 0.3) is 22.2 Å². The Bertz CT molecular complexity index is 3320. The first kappa shape index (κ1) is 57.0. The van der Waals surface area contributed by atoms with Gasteiger partial charge in [0.05, 0.1) is 42.2 Å². The Kier molecular flexibility index (Phi) is 16.9. The number of hydrogen-bond donors (Lipinski definition) is 4. The van der Waals surface area contributed by atoms with Crippen molar-refractivity contribution in [2.24, 2.45) is 17.4 Å². The topological polar surface area (TPSA) is 308 Å². The number of nitrogens with zero attached hydrogens (tertiary/aromatic N) is 11. The number of anilines is 2. The molecule has 8 rings (SSSR count). The highest BCUT2D eigenvalue weighted by atomic mass is 16.6. The smallest absolute Gasteiger partial charge is 0.410 e.